The van der Waals surface area contributed by atoms with Gasteiger partial charge in [-0.15, -0.1) is 0 Å². The summed E-state index contributed by atoms with van der Waals surface area (Å²) in [6.45, 7) is 8.32. The monoisotopic (exact) mass is 624 g/mol. The quantitative estimate of drug-likeness (QED) is 0.184. The van der Waals surface area contributed by atoms with Crippen molar-refractivity contribution in [3.05, 3.63) is 163 Å². The fraction of sp³-hybridized carbons (Fsp3) is 0. The molecule has 0 aliphatic heterocycles. The molecule has 0 saturated carbocycles. The SMILES string of the molecule is [C-]#[N+]c1cccc(-c2cccc(C#N)c2-n2c3ccccc3c3c4oc5ccccc5c4ccc32)c1-n1c2ccccc2c2ccccc21. The normalized spacial score (nSPS) is 11.6. The summed E-state index contributed by atoms with van der Waals surface area (Å²) in [6, 6.07) is 51.6. The van der Waals surface area contributed by atoms with Crippen molar-refractivity contribution in [1.29, 1.82) is 5.26 Å². The molecule has 49 heavy (non-hydrogen) atoms. The van der Waals surface area contributed by atoms with Gasteiger partial charge in [0.05, 0.1) is 51.0 Å². The van der Waals surface area contributed by atoms with E-state index in [4.69, 9.17) is 11.0 Å². The summed E-state index contributed by atoms with van der Waals surface area (Å²) in [5.41, 5.74) is 9.93. The lowest BCUT2D eigenvalue weighted by atomic mass is 9.97. The number of rotatable bonds is 3. The molecule has 0 bridgehead atoms. The maximum absolute atomic E-state index is 10.7. The average molecular weight is 625 g/mol. The third-order valence-electron chi connectivity index (χ3n) is 9.79. The minimum atomic E-state index is 0.531. The van der Waals surface area contributed by atoms with E-state index in [0.29, 0.717) is 11.3 Å². The summed E-state index contributed by atoms with van der Waals surface area (Å²) in [7, 11) is 0. The van der Waals surface area contributed by atoms with E-state index in [1.807, 2.05) is 66.7 Å². The first kappa shape index (κ1) is 27.1. The van der Waals surface area contributed by atoms with Gasteiger partial charge in [-0.2, -0.15) is 5.26 Å². The molecule has 3 aromatic heterocycles. The van der Waals surface area contributed by atoms with Crippen molar-refractivity contribution in [2.24, 2.45) is 0 Å². The number of nitriles is 1. The molecule has 10 aromatic rings. The van der Waals surface area contributed by atoms with Gasteiger partial charge in [-0.05, 0) is 48.0 Å². The van der Waals surface area contributed by atoms with Crippen LogP contribution in [-0.4, -0.2) is 9.13 Å². The van der Waals surface area contributed by atoms with E-state index in [-0.39, 0.29) is 0 Å². The molecule has 0 saturated heterocycles. The second kappa shape index (κ2) is 10.2. The standard InChI is InChI=1S/C44H24N4O/c1-46-35-19-11-18-32(43(35)47-36-20-6-2-13-28(36)29-14-3-7-21-37(29)47)31-17-10-12-27(26-45)42(31)48-38-22-8-4-16-34(38)41-39(48)25-24-33-30-15-5-9-23-40(30)49-44(33)41/h2-25H. The molecule has 0 atom stereocenters. The number of aromatic nitrogens is 2. The van der Waals surface area contributed by atoms with Crippen LogP contribution < -0.4 is 0 Å². The van der Waals surface area contributed by atoms with Crippen LogP contribution in [0.15, 0.2) is 150 Å². The third-order valence-corrected chi connectivity index (χ3v) is 9.79. The van der Waals surface area contributed by atoms with Gasteiger partial charge in [0.25, 0.3) is 0 Å². The van der Waals surface area contributed by atoms with E-state index in [0.717, 1.165) is 88.1 Å². The highest BCUT2D eigenvalue weighted by atomic mass is 16.3. The summed E-state index contributed by atoms with van der Waals surface area (Å²) in [5.74, 6) is 0. The lowest BCUT2D eigenvalue weighted by Gasteiger charge is -2.20. The van der Waals surface area contributed by atoms with E-state index in [2.05, 4.69) is 98.9 Å². The maximum atomic E-state index is 10.7. The molecule has 0 radical (unpaired) electrons. The number of hydrogen-bond acceptors (Lipinski definition) is 2. The summed E-state index contributed by atoms with van der Waals surface area (Å²) in [4.78, 5) is 4.06. The fourth-order valence-corrected chi connectivity index (χ4v) is 7.81. The van der Waals surface area contributed by atoms with Gasteiger partial charge in [0.15, 0.2) is 0 Å². The number of para-hydroxylation sites is 6. The molecule has 7 aromatic carbocycles. The first-order valence-corrected chi connectivity index (χ1v) is 16.1. The van der Waals surface area contributed by atoms with Crippen molar-refractivity contribution in [3.8, 4) is 28.6 Å². The molecule has 0 unspecified atom stereocenters. The minimum absolute atomic E-state index is 0.531. The number of benzene rings is 7. The van der Waals surface area contributed by atoms with E-state index in [1.54, 1.807) is 0 Å². The van der Waals surface area contributed by atoms with Crippen LogP contribution in [0.4, 0.5) is 5.69 Å². The van der Waals surface area contributed by atoms with E-state index in [1.165, 1.54) is 0 Å². The van der Waals surface area contributed by atoms with Crippen molar-refractivity contribution in [2.75, 3.05) is 0 Å². The molecule has 5 nitrogen and oxygen atoms in total. The lowest BCUT2D eigenvalue weighted by Crippen LogP contribution is -2.03. The first-order valence-electron chi connectivity index (χ1n) is 16.1. The van der Waals surface area contributed by atoms with Crippen molar-refractivity contribution < 1.29 is 4.42 Å². The highest BCUT2D eigenvalue weighted by molar-refractivity contribution is 6.24. The Balaban J connectivity index is 1.36. The zero-order valence-corrected chi connectivity index (χ0v) is 26.1. The van der Waals surface area contributed by atoms with Crippen molar-refractivity contribution in [2.45, 2.75) is 0 Å². The topological polar surface area (TPSA) is 51.1 Å². The molecule has 0 spiro atoms. The van der Waals surface area contributed by atoms with E-state index < -0.39 is 0 Å². The van der Waals surface area contributed by atoms with Crippen LogP contribution in [-0.2, 0) is 0 Å². The molecule has 5 heteroatoms. The molecule has 3 heterocycles. The molecular weight excluding hydrogens is 601 g/mol. The number of hydrogen-bond donors (Lipinski definition) is 0. The number of fused-ring (bicyclic) bond motifs is 10. The Morgan fingerprint density at radius 1 is 0.510 bits per heavy atom. The van der Waals surface area contributed by atoms with E-state index in [9.17, 15) is 5.26 Å². The predicted octanol–water partition coefficient (Wildman–Crippen LogP) is 11.9. The second-order valence-corrected chi connectivity index (χ2v) is 12.3. The van der Waals surface area contributed by atoms with Gasteiger partial charge >= 0.3 is 0 Å². The molecule has 0 aliphatic carbocycles. The summed E-state index contributed by atoms with van der Waals surface area (Å²) < 4.78 is 11.0. The van der Waals surface area contributed by atoms with Gasteiger partial charge in [0.2, 0.25) is 5.69 Å². The zero-order chi connectivity index (χ0) is 32.6. The largest absolute Gasteiger partial charge is 0.455 e. The van der Waals surface area contributed by atoms with Crippen LogP contribution >= 0.6 is 0 Å². The fourth-order valence-electron chi connectivity index (χ4n) is 7.81. The summed E-state index contributed by atoms with van der Waals surface area (Å²) in [6.07, 6.45) is 0. The highest BCUT2D eigenvalue weighted by Gasteiger charge is 2.25. The smallest absolute Gasteiger partial charge is 0.211 e. The van der Waals surface area contributed by atoms with Crippen LogP contribution in [0.5, 0.6) is 0 Å². The molecule has 10 rings (SSSR count). The Morgan fingerprint density at radius 2 is 1.08 bits per heavy atom. The van der Waals surface area contributed by atoms with Gasteiger partial charge in [0, 0.05) is 32.5 Å². The van der Waals surface area contributed by atoms with Gasteiger partial charge in [-0.25, -0.2) is 4.85 Å². The third kappa shape index (κ3) is 3.67. The Kier molecular flexibility index (Phi) is 5.64. The Hall–Kier alpha value is -7.08. The molecule has 0 amide bonds. The summed E-state index contributed by atoms with van der Waals surface area (Å²) >= 11 is 0. The molecule has 0 N–H and O–H groups in total. The van der Waals surface area contributed by atoms with Gasteiger partial charge in [-0.3, -0.25) is 0 Å². The van der Waals surface area contributed by atoms with Crippen LogP contribution in [0.2, 0.25) is 0 Å². The van der Waals surface area contributed by atoms with Gasteiger partial charge in [0.1, 0.15) is 17.2 Å². The van der Waals surface area contributed by atoms with Crippen molar-refractivity contribution >= 4 is 71.2 Å². The molecule has 0 aliphatic rings. The van der Waals surface area contributed by atoms with E-state index >= 15 is 0 Å². The Bertz CT molecular complexity index is 3030. The number of nitrogens with zero attached hydrogens (tertiary/aromatic N) is 4. The number of furan rings is 1. The zero-order valence-electron chi connectivity index (χ0n) is 26.1. The lowest BCUT2D eigenvalue weighted by molar-refractivity contribution is 0.673. The van der Waals surface area contributed by atoms with Crippen LogP contribution in [0.3, 0.4) is 0 Å². The van der Waals surface area contributed by atoms with Crippen molar-refractivity contribution in [1.82, 2.24) is 9.13 Å². The second-order valence-electron chi connectivity index (χ2n) is 12.3. The Labute approximate surface area is 280 Å². The first-order chi connectivity index (χ1) is 24.3. The predicted molar refractivity (Wildman–Crippen MR) is 199 cm³/mol. The molecule has 0 fully saturated rings. The Morgan fingerprint density at radius 3 is 1.78 bits per heavy atom. The average Bonchev–Trinajstić information content (AvgIpc) is 3.82. The van der Waals surface area contributed by atoms with Crippen LogP contribution in [0.25, 0.3) is 92.9 Å². The maximum Gasteiger partial charge on any atom is 0.211 e. The summed E-state index contributed by atoms with van der Waals surface area (Å²) in [5, 5.41) is 17.1. The minimum Gasteiger partial charge on any atom is -0.455 e. The highest BCUT2D eigenvalue weighted by Crippen LogP contribution is 2.46. The molecule has 226 valence electrons. The van der Waals surface area contributed by atoms with Gasteiger partial charge < -0.3 is 13.6 Å². The molecular formula is C44H24N4O. The van der Waals surface area contributed by atoms with Crippen LogP contribution in [0.1, 0.15) is 5.56 Å². The van der Waals surface area contributed by atoms with Gasteiger partial charge in [-0.1, -0.05) is 103 Å². The van der Waals surface area contributed by atoms with Crippen LogP contribution in [0, 0.1) is 17.9 Å². The van der Waals surface area contributed by atoms with Crippen molar-refractivity contribution in [3.63, 3.8) is 0 Å².